The van der Waals surface area contributed by atoms with Gasteiger partial charge in [-0.25, -0.2) is 8.42 Å². The molecule has 0 spiro atoms. The number of benzene rings is 1. The molecule has 2 rings (SSSR count). The third-order valence-corrected chi connectivity index (χ3v) is 3.55. The van der Waals surface area contributed by atoms with Gasteiger partial charge >= 0.3 is 0 Å². The van der Waals surface area contributed by atoms with Gasteiger partial charge in [0.25, 0.3) is 6.47 Å². The first-order valence-electron chi connectivity index (χ1n) is 4.77. The zero-order chi connectivity index (χ0) is 12.2. The topological polar surface area (TPSA) is 83.5 Å². The van der Waals surface area contributed by atoms with Crippen LogP contribution in [0.4, 0.5) is 5.69 Å². The van der Waals surface area contributed by atoms with Crippen LogP contribution in [-0.2, 0) is 14.8 Å². The Morgan fingerprint density at radius 1 is 1.44 bits per heavy atom. The fourth-order valence-corrected chi connectivity index (χ4v) is 2.50. The molecule has 5 nitrogen and oxygen atoms in total. The van der Waals surface area contributed by atoms with Crippen LogP contribution < -0.4 is 4.72 Å². The van der Waals surface area contributed by atoms with Crippen LogP contribution in [0.2, 0.25) is 0 Å². The van der Waals surface area contributed by atoms with Crippen molar-refractivity contribution >= 4 is 22.2 Å². The Labute approximate surface area is 94.2 Å². The molecular weight excluding hydrogens is 230 g/mol. The second-order valence-corrected chi connectivity index (χ2v) is 5.13. The lowest BCUT2D eigenvalue weighted by Gasteiger charge is -2.21. The molecular formula is C10H13NO4S. The fraction of sp³-hybridized carbons (Fsp3) is 0.300. The van der Waals surface area contributed by atoms with E-state index in [0.29, 0.717) is 6.42 Å². The molecule has 0 saturated carbocycles. The first kappa shape index (κ1) is 12.5. The summed E-state index contributed by atoms with van der Waals surface area (Å²) in [7, 11) is -3.10. The van der Waals surface area contributed by atoms with Crippen LogP contribution >= 0.6 is 0 Å². The molecule has 0 heterocycles. The maximum Gasteiger partial charge on any atom is 0.290 e. The van der Waals surface area contributed by atoms with Gasteiger partial charge in [-0.3, -0.25) is 9.52 Å². The molecule has 0 radical (unpaired) electrons. The quantitative estimate of drug-likeness (QED) is 0.797. The molecule has 6 heteroatoms. The second-order valence-electron chi connectivity index (χ2n) is 3.29. The Balaban J connectivity index is 0.000000386. The zero-order valence-electron chi connectivity index (χ0n) is 8.80. The molecule has 0 aromatic carbocycles. The summed E-state index contributed by atoms with van der Waals surface area (Å²) in [6.45, 7) is 1.60. The summed E-state index contributed by atoms with van der Waals surface area (Å²) in [4.78, 5) is 8.36. The minimum absolute atomic E-state index is 0.191. The number of hydrogen-bond acceptors (Lipinski definition) is 3. The number of rotatable bonds is 4. The highest BCUT2D eigenvalue weighted by atomic mass is 32.2. The standard InChI is InChI=1S/C9H11NO2S.CH2O2/c1-2-5-13(11,12)10-9-6-7-3-4-8(7)9;2-1-3/h3-4,6,10H,2,5H2,1H3;1H,(H,2,3). The Bertz CT molecular complexity index is 482. The predicted molar refractivity (Wildman–Crippen MR) is 61.8 cm³/mol. The number of carboxylic acid groups (broad SMARTS) is 1. The summed E-state index contributed by atoms with van der Waals surface area (Å²) in [5.41, 5.74) is 2.93. The largest absolute Gasteiger partial charge is 0.483 e. The van der Waals surface area contributed by atoms with Crippen molar-refractivity contribution in [2.45, 2.75) is 13.3 Å². The van der Waals surface area contributed by atoms with E-state index in [1.165, 1.54) is 0 Å². The van der Waals surface area contributed by atoms with Crippen LogP contribution in [0.3, 0.4) is 0 Å². The summed E-state index contributed by atoms with van der Waals surface area (Å²) in [5, 5.41) is 6.89. The van der Waals surface area contributed by atoms with E-state index in [2.05, 4.69) is 4.72 Å². The smallest absolute Gasteiger partial charge is 0.290 e. The molecule has 0 atom stereocenters. The van der Waals surface area contributed by atoms with Gasteiger partial charge in [0.1, 0.15) is 0 Å². The number of anilines is 1. The van der Waals surface area contributed by atoms with E-state index in [-0.39, 0.29) is 12.2 Å². The second kappa shape index (κ2) is 4.98. The highest BCUT2D eigenvalue weighted by Gasteiger charge is 2.20. The van der Waals surface area contributed by atoms with E-state index in [1.807, 2.05) is 25.1 Å². The van der Waals surface area contributed by atoms with Crippen LogP contribution in [0, 0.1) is 0 Å². The van der Waals surface area contributed by atoms with Crippen molar-refractivity contribution in [2.75, 3.05) is 10.5 Å². The van der Waals surface area contributed by atoms with E-state index in [4.69, 9.17) is 9.90 Å². The van der Waals surface area contributed by atoms with Gasteiger partial charge in [-0.05, 0) is 18.1 Å². The molecule has 0 unspecified atom stereocenters. The normalized spacial score (nSPS) is 11.1. The summed E-state index contributed by atoms with van der Waals surface area (Å²) in [5.74, 6) is 0.191. The third-order valence-electron chi connectivity index (χ3n) is 2.07. The minimum atomic E-state index is -3.10. The zero-order valence-corrected chi connectivity index (χ0v) is 9.62. The van der Waals surface area contributed by atoms with Gasteiger partial charge in [0.2, 0.25) is 10.0 Å². The van der Waals surface area contributed by atoms with Crippen LogP contribution in [-0.4, -0.2) is 25.7 Å². The number of fused-ring (bicyclic) bond motifs is 1. The van der Waals surface area contributed by atoms with E-state index in [9.17, 15) is 8.42 Å². The van der Waals surface area contributed by atoms with Gasteiger partial charge in [-0.15, -0.1) is 0 Å². The van der Waals surface area contributed by atoms with Gasteiger partial charge in [0, 0.05) is 5.56 Å². The third kappa shape index (κ3) is 2.73. The van der Waals surface area contributed by atoms with Gasteiger partial charge in [0.15, 0.2) is 0 Å². The molecule has 0 aromatic heterocycles. The van der Waals surface area contributed by atoms with Crippen molar-refractivity contribution in [2.24, 2.45) is 0 Å². The Kier molecular flexibility index (Phi) is 3.89. The molecule has 0 fully saturated rings. The molecule has 0 aromatic rings. The molecule has 2 N–H and O–H groups in total. The van der Waals surface area contributed by atoms with Crippen LogP contribution in [0.25, 0.3) is 11.1 Å². The molecule has 0 amide bonds. The first-order valence-corrected chi connectivity index (χ1v) is 6.42. The lowest BCUT2D eigenvalue weighted by Crippen LogP contribution is -2.18. The maximum absolute atomic E-state index is 11.3. The fourth-order valence-electron chi connectivity index (χ4n) is 1.36. The van der Waals surface area contributed by atoms with Crippen molar-refractivity contribution in [3.05, 3.63) is 18.2 Å². The van der Waals surface area contributed by atoms with E-state index in [1.54, 1.807) is 0 Å². The SMILES string of the molecule is CCCS(=O)(=O)Nc1cc2ccc1-2.O=CO. The Morgan fingerprint density at radius 3 is 2.38 bits per heavy atom. The molecule has 0 aliphatic heterocycles. The average Bonchev–Trinajstić information content (AvgIpc) is 2.13. The highest BCUT2D eigenvalue weighted by Crippen LogP contribution is 2.41. The maximum atomic E-state index is 11.3. The lowest BCUT2D eigenvalue weighted by atomic mass is 9.91. The van der Waals surface area contributed by atoms with Crippen molar-refractivity contribution in [1.29, 1.82) is 0 Å². The van der Waals surface area contributed by atoms with Gasteiger partial charge < -0.3 is 5.11 Å². The predicted octanol–water partition coefficient (Wildman–Crippen LogP) is 1.52. The highest BCUT2D eigenvalue weighted by molar-refractivity contribution is 7.92. The summed E-state index contributed by atoms with van der Waals surface area (Å²) < 4.78 is 25.2. The van der Waals surface area contributed by atoms with E-state index >= 15 is 0 Å². The van der Waals surface area contributed by atoms with Gasteiger partial charge in [-0.1, -0.05) is 19.1 Å². The van der Waals surface area contributed by atoms with Crippen molar-refractivity contribution in [1.82, 2.24) is 0 Å². The van der Waals surface area contributed by atoms with Gasteiger partial charge in [-0.2, -0.15) is 0 Å². The number of hydrogen-bond donors (Lipinski definition) is 2. The molecule has 0 bridgehead atoms. The first-order chi connectivity index (χ1) is 7.54. The molecule has 2 aliphatic rings. The number of carbonyl (C=O) groups is 1. The minimum Gasteiger partial charge on any atom is -0.483 e. The molecule has 0 saturated heterocycles. The van der Waals surface area contributed by atoms with Crippen LogP contribution in [0.15, 0.2) is 18.2 Å². The van der Waals surface area contributed by atoms with Crippen molar-refractivity contribution in [3.8, 4) is 11.1 Å². The summed E-state index contributed by atoms with van der Waals surface area (Å²) >= 11 is 0. The molecule has 16 heavy (non-hydrogen) atoms. The molecule has 88 valence electrons. The monoisotopic (exact) mass is 243 g/mol. The van der Waals surface area contributed by atoms with Crippen LogP contribution in [0.5, 0.6) is 0 Å². The number of nitrogens with one attached hydrogen (secondary N) is 1. The Hall–Kier alpha value is -1.56. The Morgan fingerprint density at radius 2 is 2.06 bits per heavy atom. The average molecular weight is 243 g/mol. The summed E-state index contributed by atoms with van der Waals surface area (Å²) in [6.07, 6.45) is 0.643. The van der Waals surface area contributed by atoms with Crippen molar-refractivity contribution < 1.29 is 18.3 Å². The van der Waals surface area contributed by atoms with E-state index in [0.717, 1.165) is 16.8 Å². The molecule has 2 aliphatic carbocycles. The van der Waals surface area contributed by atoms with Gasteiger partial charge in [0.05, 0.1) is 11.4 Å². The van der Waals surface area contributed by atoms with E-state index < -0.39 is 10.0 Å². The lowest BCUT2D eigenvalue weighted by molar-refractivity contribution is -0.122. The van der Waals surface area contributed by atoms with Crippen molar-refractivity contribution in [3.63, 3.8) is 0 Å². The number of sulfonamides is 1. The van der Waals surface area contributed by atoms with Crippen LogP contribution in [0.1, 0.15) is 13.3 Å². The summed E-state index contributed by atoms with van der Waals surface area (Å²) in [6, 6.07) is 5.73.